The molecule has 4 rings (SSSR count). The van der Waals surface area contributed by atoms with Crippen LogP contribution >= 0.6 is 0 Å². The minimum atomic E-state index is -0.649. The van der Waals surface area contributed by atoms with E-state index in [-0.39, 0.29) is 18.1 Å². The number of aromatic nitrogens is 1. The minimum absolute atomic E-state index is 0.147. The molecule has 1 fully saturated rings. The van der Waals surface area contributed by atoms with E-state index in [9.17, 15) is 13.6 Å². The zero-order valence-corrected chi connectivity index (χ0v) is 15.4. The van der Waals surface area contributed by atoms with Gasteiger partial charge in [-0.1, -0.05) is 18.2 Å². The molecule has 144 valence electrons. The largest absolute Gasteiger partial charge is 0.365 e. The molecule has 1 N–H and O–H groups in total. The maximum atomic E-state index is 13.7. The van der Waals surface area contributed by atoms with Crippen LogP contribution in [0.25, 0.3) is 10.9 Å². The lowest BCUT2D eigenvalue weighted by Crippen LogP contribution is -2.39. The van der Waals surface area contributed by atoms with Gasteiger partial charge in [0.25, 0.3) is 0 Å². The third-order valence-corrected chi connectivity index (χ3v) is 4.97. The molecule has 0 saturated carbocycles. The second-order valence-corrected chi connectivity index (χ2v) is 7.15. The Morgan fingerprint density at radius 1 is 1.04 bits per heavy atom. The molecular weight excluding hydrogens is 362 g/mol. The fourth-order valence-electron chi connectivity index (χ4n) is 3.78. The van der Waals surface area contributed by atoms with E-state index in [2.05, 4.69) is 10.3 Å². The van der Waals surface area contributed by atoms with Gasteiger partial charge in [0, 0.05) is 30.6 Å². The number of carbonyl (C=O) groups is 1. The Balaban J connectivity index is 1.67. The van der Waals surface area contributed by atoms with Crippen molar-refractivity contribution in [1.82, 2.24) is 10.3 Å². The Morgan fingerprint density at radius 3 is 2.43 bits per heavy atom. The lowest BCUT2D eigenvalue weighted by molar-refractivity contribution is -0.122. The number of benzene rings is 2. The summed E-state index contributed by atoms with van der Waals surface area (Å²) in [6.45, 7) is 1.46. The number of nitrogens with one attached hydrogen (secondary N) is 1. The maximum absolute atomic E-state index is 13.7. The Bertz CT molecular complexity index is 1000. The smallest absolute Gasteiger partial charge is 0.217 e. The fraction of sp³-hybridized carbons (Fsp3) is 0.273. The van der Waals surface area contributed by atoms with Crippen LogP contribution in [0.5, 0.6) is 0 Å². The SMILES string of the molecule is CC(=O)N[C@H]1C[C@@H](c2cc(F)cc(F)c2)O[C@@H](c2cnc3ccccc3c2)C1. The second kappa shape index (κ2) is 7.64. The number of ether oxygens (including phenoxy) is 1. The molecule has 28 heavy (non-hydrogen) atoms. The van der Waals surface area contributed by atoms with Gasteiger partial charge in [0.1, 0.15) is 11.6 Å². The van der Waals surface area contributed by atoms with Crippen LogP contribution in [-0.4, -0.2) is 16.9 Å². The molecule has 1 aliphatic rings. The third-order valence-electron chi connectivity index (χ3n) is 4.97. The number of halogens is 2. The molecule has 4 nitrogen and oxygen atoms in total. The van der Waals surface area contributed by atoms with Gasteiger partial charge in [0.2, 0.25) is 5.91 Å². The van der Waals surface area contributed by atoms with Gasteiger partial charge in [-0.15, -0.1) is 0 Å². The standard InChI is InChI=1S/C22H20F2N2O2/c1-13(27)26-19-10-21(15-7-17(23)9-18(24)8-15)28-22(11-19)16-6-14-4-2-3-5-20(14)25-12-16/h2-9,12,19,21-22H,10-11H2,1H3,(H,26,27)/t19-,21-,22+/m0/s1. The molecule has 0 spiro atoms. The van der Waals surface area contributed by atoms with Gasteiger partial charge < -0.3 is 10.1 Å². The van der Waals surface area contributed by atoms with E-state index in [0.29, 0.717) is 18.4 Å². The molecule has 2 heterocycles. The van der Waals surface area contributed by atoms with Crippen LogP contribution < -0.4 is 5.32 Å². The van der Waals surface area contributed by atoms with Gasteiger partial charge in [-0.05, 0) is 48.2 Å². The maximum Gasteiger partial charge on any atom is 0.217 e. The first-order valence-electron chi connectivity index (χ1n) is 9.21. The van der Waals surface area contributed by atoms with E-state index in [1.165, 1.54) is 19.1 Å². The highest BCUT2D eigenvalue weighted by Crippen LogP contribution is 2.39. The van der Waals surface area contributed by atoms with Gasteiger partial charge in [0.15, 0.2) is 0 Å². The molecule has 6 heteroatoms. The molecule has 1 amide bonds. The summed E-state index contributed by atoms with van der Waals surface area (Å²) in [5.74, 6) is -1.44. The van der Waals surface area contributed by atoms with Gasteiger partial charge in [-0.25, -0.2) is 8.78 Å². The summed E-state index contributed by atoms with van der Waals surface area (Å²) in [7, 11) is 0. The van der Waals surface area contributed by atoms with Gasteiger partial charge in [-0.3, -0.25) is 9.78 Å². The Kier molecular flexibility index (Phi) is 5.05. The van der Waals surface area contributed by atoms with Crippen LogP contribution in [0.2, 0.25) is 0 Å². The lowest BCUT2D eigenvalue weighted by Gasteiger charge is -2.36. The predicted molar refractivity (Wildman–Crippen MR) is 102 cm³/mol. The van der Waals surface area contributed by atoms with Crippen molar-refractivity contribution in [3.8, 4) is 0 Å². The van der Waals surface area contributed by atoms with Crippen LogP contribution in [0.15, 0.2) is 54.7 Å². The van der Waals surface area contributed by atoms with Crippen molar-refractivity contribution in [2.75, 3.05) is 0 Å². The average Bonchev–Trinajstić information content (AvgIpc) is 2.66. The van der Waals surface area contributed by atoms with Crippen molar-refractivity contribution in [3.05, 3.63) is 77.5 Å². The Labute approximate surface area is 161 Å². The monoisotopic (exact) mass is 382 g/mol. The number of amides is 1. The van der Waals surface area contributed by atoms with Gasteiger partial charge in [-0.2, -0.15) is 0 Å². The topological polar surface area (TPSA) is 51.2 Å². The summed E-state index contributed by atoms with van der Waals surface area (Å²) in [6, 6.07) is 13.0. The van der Waals surface area contributed by atoms with Crippen molar-refractivity contribution in [2.45, 2.75) is 38.0 Å². The van der Waals surface area contributed by atoms with E-state index in [4.69, 9.17) is 4.74 Å². The molecule has 1 saturated heterocycles. The first kappa shape index (κ1) is 18.5. The Hall–Kier alpha value is -2.86. The summed E-state index contributed by atoms with van der Waals surface area (Å²) >= 11 is 0. The molecule has 3 aromatic rings. The van der Waals surface area contributed by atoms with Crippen molar-refractivity contribution < 1.29 is 18.3 Å². The summed E-state index contributed by atoms with van der Waals surface area (Å²) in [4.78, 5) is 16.1. The number of pyridine rings is 1. The zero-order chi connectivity index (χ0) is 19.7. The highest BCUT2D eigenvalue weighted by atomic mass is 19.1. The van der Waals surface area contributed by atoms with Crippen molar-refractivity contribution in [3.63, 3.8) is 0 Å². The van der Waals surface area contributed by atoms with Crippen LogP contribution in [0.4, 0.5) is 8.78 Å². The normalized spacial score (nSPS) is 22.2. The van der Waals surface area contributed by atoms with Gasteiger partial charge in [0.05, 0.1) is 17.7 Å². The van der Waals surface area contributed by atoms with E-state index in [1.807, 2.05) is 30.3 Å². The van der Waals surface area contributed by atoms with Crippen LogP contribution in [0, 0.1) is 11.6 Å². The van der Waals surface area contributed by atoms with E-state index in [1.54, 1.807) is 6.20 Å². The zero-order valence-electron chi connectivity index (χ0n) is 15.4. The van der Waals surface area contributed by atoms with Crippen LogP contribution in [-0.2, 0) is 9.53 Å². The van der Waals surface area contributed by atoms with E-state index >= 15 is 0 Å². The number of hydrogen-bond acceptors (Lipinski definition) is 3. The third kappa shape index (κ3) is 4.02. The molecule has 0 unspecified atom stereocenters. The summed E-state index contributed by atoms with van der Waals surface area (Å²) in [5.41, 5.74) is 2.17. The lowest BCUT2D eigenvalue weighted by atomic mass is 9.91. The fourth-order valence-corrected chi connectivity index (χ4v) is 3.78. The number of carbonyl (C=O) groups excluding carboxylic acids is 1. The molecule has 0 bridgehead atoms. The van der Waals surface area contributed by atoms with E-state index in [0.717, 1.165) is 22.5 Å². The predicted octanol–water partition coefficient (Wildman–Crippen LogP) is 4.61. The first-order valence-corrected chi connectivity index (χ1v) is 9.21. The molecule has 0 radical (unpaired) electrons. The van der Waals surface area contributed by atoms with Crippen molar-refractivity contribution >= 4 is 16.8 Å². The summed E-state index contributed by atoms with van der Waals surface area (Å²) in [5, 5.41) is 3.91. The summed E-state index contributed by atoms with van der Waals surface area (Å²) in [6.07, 6.45) is 1.88. The quantitative estimate of drug-likeness (QED) is 0.720. The minimum Gasteiger partial charge on any atom is -0.365 e. The van der Waals surface area contributed by atoms with Crippen molar-refractivity contribution in [2.24, 2.45) is 0 Å². The molecular formula is C22H20F2N2O2. The first-order chi connectivity index (χ1) is 13.5. The van der Waals surface area contributed by atoms with Gasteiger partial charge >= 0.3 is 0 Å². The van der Waals surface area contributed by atoms with Crippen molar-refractivity contribution in [1.29, 1.82) is 0 Å². The van der Waals surface area contributed by atoms with Crippen LogP contribution in [0.1, 0.15) is 43.1 Å². The number of rotatable bonds is 3. The van der Waals surface area contributed by atoms with Crippen LogP contribution in [0.3, 0.4) is 0 Å². The molecule has 1 aromatic heterocycles. The highest BCUT2D eigenvalue weighted by Gasteiger charge is 2.32. The highest BCUT2D eigenvalue weighted by molar-refractivity contribution is 5.78. The van der Waals surface area contributed by atoms with E-state index < -0.39 is 17.7 Å². The number of nitrogens with zero attached hydrogens (tertiary/aromatic N) is 1. The number of para-hydroxylation sites is 1. The number of hydrogen-bond donors (Lipinski definition) is 1. The Morgan fingerprint density at radius 2 is 1.71 bits per heavy atom. The average molecular weight is 382 g/mol. The number of fused-ring (bicyclic) bond motifs is 1. The molecule has 3 atom stereocenters. The molecule has 2 aromatic carbocycles. The molecule has 1 aliphatic heterocycles. The summed E-state index contributed by atoms with van der Waals surface area (Å²) < 4.78 is 33.6. The second-order valence-electron chi connectivity index (χ2n) is 7.15. The molecule has 0 aliphatic carbocycles.